The molecular weight excluding hydrogens is 328 g/mol. The number of likely N-dealkylation sites (tertiary alicyclic amines) is 1. The standard InChI is InChI=1S/C21H22N2OS/c24-20-17-10-4-5-11-18(17)25-21(20)19(16-8-2-1-3-9-16)22-12-15-23-13-6-7-14-23/h1-5,8-11,22H,6-7,12-15H2/b21-19+. The minimum atomic E-state index is 0.133. The molecule has 0 radical (unpaired) electrons. The molecule has 0 unspecified atom stereocenters. The first-order valence-electron chi connectivity index (χ1n) is 8.90. The fourth-order valence-corrected chi connectivity index (χ4v) is 4.58. The molecule has 1 saturated heterocycles. The van der Waals surface area contributed by atoms with Crippen LogP contribution in [-0.4, -0.2) is 36.9 Å². The van der Waals surface area contributed by atoms with Crippen LogP contribution in [0, 0.1) is 0 Å². The highest BCUT2D eigenvalue weighted by Crippen LogP contribution is 2.42. The second kappa shape index (κ2) is 7.46. The number of nitrogens with zero attached hydrogens (tertiary/aromatic N) is 1. The molecule has 1 N–H and O–H groups in total. The summed E-state index contributed by atoms with van der Waals surface area (Å²) in [5.41, 5.74) is 2.86. The third kappa shape index (κ3) is 3.51. The lowest BCUT2D eigenvalue weighted by molar-refractivity contribution is 0.104. The van der Waals surface area contributed by atoms with Gasteiger partial charge in [0.15, 0.2) is 0 Å². The van der Waals surface area contributed by atoms with Crippen molar-refractivity contribution in [1.82, 2.24) is 10.2 Å². The van der Waals surface area contributed by atoms with E-state index in [1.165, 1.54) is 25.9 Å². The number of carbonyl (C=O) groups is 1. The van der Waals surface area contributed by atoms with Crippen LogP contribution in [-0.2, 0) is 0 Å². The summed E-state index contributed by atoms with van der Waals surface area (Å²) in [6, 6.07) is 18.1. The molecule has 4 heteroatoms. The molecule has 2 aliphatic heterocycles. The zero-order valence-electron chi connectivity index (χ0n) is 14.2. The van der Waals surface area contributed by atoms with E-state index in [2.05, 4.69) is 22.3 Å². The number of benzene rings is 2. The third-order valence-electron chi connectivity index (χ3n) is 4.77. The number of hydrogen-bond donors (Lipinski definition) is 1. The van der Waals surface area contributed by atoms with Crippen molar-refractivity contribution in [3.05, 3.63) is 70.6 Å². The number of Topliss-reactive ketones (excluding diaryl/α,β-unsaturated/α-hetero) is 1. The molecule has 2 aliphatic rings. The Morgan fingerprint density at radius 2 is 1.72 bits per heavy atom. The zero-order chi connectivity index (χ0) is 17.1. The Morgan fingerprint density at radius 1 is 1.00 bits per heavy atom. The molecule has 0 saturated carbocycles. The molecule has 0 atom stereocenters. The van der Waals surface area contributed by atoms with Crippen molar-refractivity contribution in [1.29, 1.82) is 0 Å². The number of allylic oxidation sites excluding steroid dienone is 1. The average Bonchev–Trinajstić information content (AvgIpc) is 3.28. The maximum Gasteiger partial charge on any atom is 0.202 e. The smallest absolute Gasteiger partial charge is 0.202 e. The Labute approximate surface area is 153 Å². The second-order valence-corrected chi connectivity index (χ2v) is 7.53. The van der Waals surface area contributed by atoms with Gasteiger partial charge in [0, 0.05) is 23.5 Å². The minimum Gasteiger partial charge on any atom is -0.382 e. The SMILES string of the molecule is O=C1/C(=C(\NCCN2CCCC2)c2ccccc2)Sc2ccccc21. The second-order valence-electron chi connectivity index (χ2n) is 6.47. The van der Waals surface area contributed by atoms with Gasteiger partial charge in [-0.15, -0.1) is 0 Å². The molecule has 2 aromatic rings. The van der Waals surface area contributed by atoms with Crippen LogP contribution in [0.1, 0.15) is 28.8 Å². The highest BCUT2D eigenvalue weighted by atomic mass is 32.2. The Kier molecular flexibility index (Phi) is 4.90. The molecule has 0 aromatic heterocycles. The van der Waals surface area contributed by atoms with Crippen molar-refractivity contribution >= 4 is 23.2 Å². The molecule has 2 aromatic carbocycles. The number of rotatable bonds is 5. The Balaban J connectivity index is 1.60. The summed E-state index contributed by atoms with van der Waals surface area (Å²) in [4.78, 5) is 17.3. The molecular formula is C21H22N2OS. The lowest BCUT2D eigenvalue weighted by Gasteiger charge is -2.18. The van der Waals surface area contributed by atoms with Gasteiger partial charge in [0.2, 0.25) is 5.78 Å². The summed E-state index contributed by atoms with van der Waals surface area (Å²) in [5.74, 6) is 0.133. The lowest BCUT2D eigenvalue weighted by Crippen LogP contribution is -2.29. The average molecular weight is 350 g/mol. The van der Waals surface area contributed by atoms with Crippen LogP contribution < -0.4 is 5.32 Å². The molecule has 4 rings (SSSR count). The summed E-state index contributed by atoms with van der Waals surface area (Å²) in [6.45, 7) is 4.27. The molecule has 128 valence electrons. The van der Waals surface area contributed by atoms with Crippen molar-refractivity contribution in [3.63, 3.8) is 0 Å². The summed E-state index contributed by atoms with van der Waals surface area (Å²) < 4.78 is 0. The Hall–Kier alpha value is -2.04. The van der Waals surface area contributed by atoms with E-state index in [9.17, 15) is 4.79 Å². The van der Waals surface area contributed by atoms with Gasteiger partial charge >= 0.3 is 0 Å². The monoisotopic (exact) mass is 350 g/mol. The topological polar surface area (TPSA) is 32.3 Å². The van der Waals surface area contributed by atoms with Gasteiger partial charge in [0.1, 0.15) is 0 Å². The van der Waals surface area contributed by atoms with Crippen molar-refractivity contribution < 1.29 is 4.79 Å². The normalized spacial score (nSPS) is 19.1. The van der Waals surface area contributed by atoms with Gasteiger partial charge in [-0.05, 0) is 43.6 Å². The van der Waals surface area contributed by atoms with E-state index in [-0.39, 0.29) is 5.78 Å². The van der Waals surface area contributed by atoms with Crippen molar-refractivity contribution in [2.24, 2.45) is 0 Å². The molecule has 1 fully saturated rings. The first-order valence-corrected chi connectivity index (χ1v) is 9.72. The van der Waals surface area contributed by atoms with Gasteiger partial charge in [-0.25, -0.2) is 0 Å². The van der Waals surface area contributed by atoms with Gasteiger partial charge in [0.25, 0.3) is 0 Å². The Morgan fingerprint density at radius 3 is 2.48 bits per heavy atom. The van der Waals surface area contributed by atoms with E-state index in [0.717, 1.165) is 39.7 Å². The molecule has 0 amide bonds. The van der Waals surface area contributed by atoms with Crippen LogP contribution in [0.3, 0.4) is 0 Å². The van der Waals surface area contributed by atoms with E-state index in [1.807, 2.05) is 42.5 Å². The number of fused-ring (bicyclic) bond motifs is 1. The molecule has 2 heterocycles. The van der Waals surface area contributed by atoms with Crippen LogP contribution in [0.2, 0.25) is 0 Å². The maximum atomic E-state index is 12.9. The highest BCUT2D eigenvalue weighted by molar-refractivity contribution is 8.05. The van der Waals surface area contributed by atoms with E-state index in [4.69, 9.17) is 0 Å². The van der Waals surface area contributed by atoms with Gasteiger partial charge < -0.3 is 10.2 Å². The summed E-state index contributed by atoms with van der Waals surface area (Å²) >= 11 is 1.58. The number of hydrogen-bond acceptors (Lipinski definition) is 4. The quantitative estimate of drug-likeness (QED) is 0.825. The summed E-state index contributed by atoms with van der Waals surface area (Å²) in [6.07, 6.45) is 2.60. The van der Waals surface area contributed by atoms with E-state index >= 15 is 0 Å². The van der Waals surface area contributed by atoms with Gasteiger partial charge in [-0.1, -0.05) is 54.2 Å². The maximum absolute atomic E-state index is 12.9. The first-order chi connectivity index (χ1) is 12.3. The van der Waals surface area contributed by atoms with Crippen LogP contribution in [0.5, 0.6) is 0 Å². The van der Waals surface area contributed by atoms with E-state index in [1.54, 1.807) is 11.8 Å². The van der Waals surface area contributed by atoms with Gasteiger partial charge in [-0.3, -0.25) is 4.79 Å². The molecule has 0 bridgehead atoms. The zero-order valence-corrected chi connectivity index (χ0v) is 15.0. The number of carbonyl (C=O) groups excluding carboxylic acids is 1. The molecule has 25 heavy (non-hydrogen) atoms. The van der Waals surface area contributed by atoms with Gasteiger partial charge in [0.05, 0.1) is 10.6 Å². The summed E-state index contributed by atoms with van der Waals surface area (Å²) in [7, 11) is 0. The van der Waals surface area contributed by atoms with Crippen LogP contribution in [0.4, 0.5) is 0 Å². The van der Waals surface area contributed by atoms with Crippen molar-refractivity contribution in [2.45, 2.75) is 17.7 Å². The van der Waals surface area contributed by atoms with Crippen molar-refractivity contribution in [3.8, 4) is 0 Å². The van der Waals surface area contributed by atoms with Crippen molar-refractivity contribution in [2.75, 3.05) is 26.2 Å². The molecule has 3 nitrogen and oxygen atoms in total. The third-order valence-corrected chi connectivity index (χ3v) is 5.94. The number of ketones is 1. The van der Waals surface area contributed by atoms with Crippen LogP contribution in [0.25, 0.3) is 5.70 Å². The largest absolute Gasteiger partial charge is 0.382 e. The van der Waals surface area contributed by atoms with Crippen LogP contribution >= 0.6 is 11.8 Å². The Bertz CT molecular complexity index is 795. The highest BCUT2D eigenvalue weighted by Gasteiger charge is 2.29. The summed E-state index contributed by atoms with van der Waals surface area (Å²) in [5, 5.41) is 3.57. The fourth-order valence-electron chi connectivity index (χ4n) is 3.45. The fraction of sp³-hybridized carbons (Fsp3) is 0.286. The van der Waals surface area contributed by atoms with E-state index < -0.39 is 0 Å². The van der Waals surface area contributed by atoms with Gasteiger partial charge in [-0.2, -0.15) is 0 Å². The van der Waals surface area contributed by atoms with E-state index in [0.29, 0.717) is 0 Å². The molecule has 0 spiro atoms. The number of nitrogens with one attached hydrogen (secondary N) is 1. The first kappa shape index (κ1) is 16.4. The number of thioether (sulfide) groups is 1. The predicted molar refractivity (Wildman–Crippen MR) is 104 cm³/mol. The minimum absolute atomic E-state index is 0.133. The predicted octanol–water partition coefficient (Wildman–Crippen LogP) is 4.03. The van der Waals surface area contributed by atoms with Crippen LogP contribution in [0.15, 0.2) is 64.4 Å². The molecule has 0 aliphatic carbocycles. The lowest BCUT2D eigenvalue weighted by atomic mass is 10.1.